The highest BCUT2D eigenvalue weighted by Crippen LogP contribution is 2.53. The predicted molar refractivity (Wildman–Crippen MR) is 62.2 cm³/mol. The fraction of sp³-hybridized carbons (Fsp3) is 0.818. The standard InChI is InChI=1S/C11H22N4O/c1-15(13)11-5-3-8-7(2-4-10(11)12)9(8)6-16-14/h7-9H,2-6,12-14H2,1H3/b11-10-. The van der Waals surface area contributed by atoms with Crippen molar-refractivity contribution < 1.29 is 4.84 Å². The van der Waals surface area contributed by atoms with E-state index < -0.39 is 0 Å². The average Bonchev–Trinajstić information content (AvgIpc) is 2.84. The van der Waals surface area contributed by atoms with Gasteiger partial charge < -0.3 is 15.6 Å². The molecule has 0 heterocycles. The zero-order valence-corrected chi connectivity index (χ0v) is 9.86. The van der Waals surface area contributed by atoms with Crippen LogP contribution in [0.25, 0.3) is 0 Å². The molecule has 2 aliphatic rings. The van der Waals surface area contributed by atoms with Crippen LogP contribution in [0.15, 0.2) is 11.4 Å². The fourth-order valence-corrected chi connectivity index (χ4v) is 3.07. The molecule has 0 spiro atoms. The third-order valence-electron chi connectivity index (χ3n) is 4.06. The Morgan fingerprint density at radius 1 is 1.31 bits per heavy atom. The lowest BCUT2D eigenvalue weighted by Gasteiger charge is -2.21. The van der Waals surface area contributed by atoms with Gasteiger partial charge in [-0.15, -0.1) is 0 Å². The van der Waals surface area contributed by atoms with Crippen LogP contribution in [0, 0.1) is 17.8 Å². The molecule has 3 unspecified atom stereocenters. The number of fused-ring (bicyclic) bond motifs is 1. The normalized spacial score (nSPS) is 38.6. The van der Waals surface area contributed by atoms with E-state index in [2.05, 4.69) is 0 Å². The number of nitrogens with zero attached hydrogens (tertiary/aromatic N) is 1. The Kier molecular flexibility index (Phi) is 3.37. The van der Waals surface area contributed by atoms with E-state index in [4.69, 9.17) is 22.3 Å². The van der Waals surface area contributed by atoms with Crippen LogP contribution >= 0.6 is 0 Å². The molecule has 3 atom stereocenters. The summed E-state index contributed by atoms with van der Waals surface area (Å²) in [4.78, 5) is 4.76. The van der Waals surface area contributed by atoms with Gasteiger partial charge in [0.2, 0.25) is 0 Å². The van der Waals surface area contributed by atoms with Gasteiger partial charge in [0.15, 0.2) is 0 Å². The number of hydrogen-bond donors (Lipinski definition) is 3. The summed E-state index contributed by atoms with van der Waals surface area (Å²) < 4.78 is 0. The molecular weight excluding hydrogens is 204 g/mol. The first kappa shape index (κ1) is 11.7. The Hall–Kier alpha value is -0.780. The summed E-state index contributed by atoms with van der Waals surface area (Å²) in [5.74, 6) is 13.1. The molecule has 2 rings (SSSR count). The summed E-state index contributed by atoms with van der Waals surface area (Å²) >= 11 is 0. The number of allylic oxidation sites excluding steroid dienone is 2. The number of nitrogens with two attached hydrogens (primary N) is 3. The summed E-state index contributed by atoms with van der Waals surface area (Å²) in [6, 6.07) is 0. The Morgan fingerprint density at radius 3 is 2.50 bits per heavy atom. The Balaban J connectivity index is 1.98. The van der Waals surface area contributed by atoms with Gasteiger partial charge in [-0.1, -0.05) is 0 Å². The lowest BCUT2D eigenvalue weighted by Crippen LogP contribution is -2.28. The van der Waals surface area contributed by atoms with Crippen LogP contribution in [0.5, 0.6) is 0 Å². The van der Waals surface area contributed by atoms with Crippen molar-refractivity contribution in [2.75, 3.05) is 13.7 Å². The SMILES string of the molecule is CN(N)/C1=C(\N)CCC2C(CC1)C2CON. The predicted octanol–water partition coefficient (Wildman–Crippen LogP) is 0.289. The summed E-state index contributed by atoms with van der Waals surface area (Å²) in [5, 5.41) is 1.66. The highest BCUT2D eigenvalue weighted by molar-refractivity contribution is 5.13. The quantitative estimate of drug-likeness (QED) is 0.475. The van der Waals surface area contributed by atoms with E-state index in [1.54, 1.807) is 5.01 Å². The number of hydrogen-bond acceptors (Lipinski definition) is 5. The zero-order chi connectivity index (χ0) is 11.7. The van der Waals surface area contributed by atoms with Gasteiger partial charge in [-0.3, -0.25) is 0 Å². The summed E-state index contributed by atoms with van der Waals surface area (Å²) in [6.45, 7) is 0.684. The molecular formula is C11H22N4O. The van der Waals surface area contributed by atoms with Gasteiger partial charge >= 0.3 is 0 Å². The molecule has 0 bridgehead atoms. The molecule has 16 heavy (non-hydrogen) atoms. The van der Waals surface area contributed by atoms with Crippen molar-refractivity contribution in [1.29, 1.82) is 0 Å². The first-order valence-corrected chi connectivity index (χ1v) is 5.92. The molecule has 0 aromatic rings. The molecule has 0 saturated heterocycles. The van der Waals surface area contributed by atoms with E-state index in [0.29, 0.717) is 12.5 Å². The largest absolute Gasteiger partial charge is 0.401 e. The number of hydrazine groups is 1. The average molecular weight is 226 g/mol. The zero-order valence-electron chi connectivity index (χ0n) is 9.86. The van der Waals surface area contributed by atoms with Gasteiger partial charge in [0.05, 0.1) is 6.61 Å². The molecule has 92 valence electrons. The van der Waals surface area contributed by atoms with Gasteiger partial charge in [0.25, 0.3) is 0 Å². The van der Waals surface area contributed by atoms with E-state index in [1.807, 2.05) is 7.05 Å². The second-order valence-corrected chi connectivity index (χ2v) is 4.99. The fourth-order valence-electron chi connectivity index (χ4n) is 3.07. The third kappa shape index (κ3) is 2.16. The minimum absolute atomic E-state index is 0.639. The van der Waals surface area contributed by atoms with Crippen molar-refractivity contribution in [2.24, 2.45) is 35.2 Å². The molecule has 0 aromatic heterocycles. The van der Waals surface area contributed by atoms with Gasteiger partial charge in [0.1, 0.15) is 0 Å². The smallest absolute Gasteiger partial charge is 0.0712 e. The maximum absolute atomic E-state index is 6.05. The van der Waals surface area contributed by atoms with Gasteiger partial charge in [-0.05, 0) is 43.4 Å². The lowest BCUT2D eigenvalue weighted by molar-refractivity contribution is 0.120. The first-order chi connectivity index (χ1) is 7.65. The Bertz CT molecular complexity index is 290. The van der Waals surface area contributed by atoms with E-state index in [1.165, 1.54) is 0 Å². The van der Waals surface area contributed by atoms with Crippen molar-refractivity contribution in [3.63, 3.8) is 0 Å². The van der Waals surface area contributed by atoms with E-state index in [-0.39, 0.29) is 0 Å². The van der Waals surface area contributed by atoms with Gasteiger partial charge in [-0.25, -0.2) is 11.7 Å². The number of rotatable bonds is 3. The minimum Gasteiger partial charge on any atom is -0.401 e. The van der Waals surface area contributed by atoms with Crippen LogP contribution in [0.4, 0.5) is 0 Å². The van der Waals surface area contributed by atoms with Gasteiger partial charge in [-0.2, -0.15) is 0 Å². The van der Waals surface area contributed by atoms with E-state index >= 15 is 0 Å². The molecule has 2 aliphatic carbocycles. The van der Waals surface area contributed by atoms with Crippen molar-refractivity contribution in [3.05, 3.63) is 11.4 Å². The van der Waals surface area contributed by atoms with Crippen LogP contribution in [0.1, 0.15) is 25.7 Å². The van der Waals surface area contributed by atoms with Crippen LogP contribution in [-0.4, -0.2) is 18.7 Å². The second kappa shape index (κ2) is 4.61. The summed E-state index contributed by atoms with van der Waals surface area (Å²) in [6.07, 6.45) is 4.21. The Morgan fingerprint density at radius 2 is 1.94 bits per heavy atom. The molecule has 5 heteroatoms. The minimum atomic E-state index is 0.639. The molecule has 0 aromatic carbocycles. The maximum atomic E-state index is 6.05. The molecule has 5 nitrogen and oxygen atoms in total. The summed E-state index contributed by atoms with van der Waals surface area (Å²) in [7, 11) is 1.86. The highest BCUT2D eigenvalue weighted by Gasteiger charge is 2.49. The topological polar surface area (TPSA) is 90.5 Å². The molecule has 1 fully saturated rings. The van der Waals surface area contributed by atoms with Crippen molar-refractivity contribution in [3.8, 4) is 0 Å². The second-order valence-electron chi connectivity index (χ2n) is 4.99. The first-order valence-electron chi connectivity index (χ1n) is 5.92. The van der Waals surface area contributed by atoms with Crippen molar-refractivity contribution >= 4 is 0 Å². The van der Waals surface area contributed by atoms with Crippen LogP contribution in [-0.2, 0) is 4.84 Å². The molecule has 1 saturated carbocycles. The van der Waals surface area contributed by atoms with Crippen molar-refractivity contribution in [2.45, 2.75) is 25.7 Å². The summed E-state index contributed by atoms with van der Waals surface area (Å²) in [5.41, 5.74) is 8.09. The Labute approximate surface area is 96.5 Å². The third-order valence-corrected chi connectivity index (χ3v) is 4.06. The van der Waals surface area contributed by atoms with E-state index in [9.17, 15) is 0 Å². The monoisotopic (exact) mass is 226 g/mol. The van der Waals surface area contributed by atoms with E-state index in [0.717, 1.165) is 48.9 Å². The molecule has 0 amide bonds. The van der Waals surface area contributed by atoms with Crippen LogP contribution < -0.4 is 17.5 Å². The van der Waals surface area contributed by atoms with Crippen LogP contribution in [0.2, 0.25) is 0 Å². The highest BCUT2D eigenvalue weighted by atomic mass is 16.6. The van der Waals surface area contributed by atoms with Gasteiger partial charge in [0, 0.05) is 18.4 Å². The molecule has 0 radical (unpaired) electrons. The maximum Gasteiger partial charge on any atom is 0.0712 e. The van der Waals surface area contributed by atoms with Crippen LogP contribution in [0.3, 0.4) is 0 Å². The molecule has 6 N–H and O–H groups in total. The molecule has 0 aliphatic heterocycles. The van der Waals surface area contributed by atoms with Crippen molar-refractivity contribution in [1.82, 2.24) is 5.01 Å². The lowest BCUT2D eigenvalue weighted by atomic mass is 10.0.